The summed E-state index contributed by atoms with van der Waals surface area (Å²) in [6, 6.07) is 7.16. The van der Waals surface area contributed by atoms with Gasteiger partial charge in [0.1, 0.15) is 0 Å². The number of rotatable bonds is 5. The van der Waals surface area contributed by atoms with E-state index in [-0.39, 0.29) is 43.4 Å². The van der Waals surface area contributed by atoms with Crippen LogP contribution in [0.1, 0.15) is 6.42 Å². The summed E-state index contributed by atoms with van der Waals surface area (Å²) in [5, 5.41) is 0. The quantitative estimate of drug-likeness (QED) is 0.690. The van der Waals surface area contributed by atoms with Crippen LogP contribution >= 0.6 is 0 Å². The second-order valence-corrected chi connectivity index (χ2v) is 7.26. The minimum absolute atomic E-state index is 0.187. The molecule has 0 radical (unpaired) electrons. The summed E-state index contributed by atoms with van der Waals surface area (Å²) in [6.07, 6.45) is -0.221. The number of carbonyl (C=O) groups excluding carboxylic acids is 2. The van der Waals surface area contributed by atoms with Gasteiger partial charge in [-0.3, -0.25) is 9.59 Å². The van der Waals surface area contributed by atoms with Crippen LogP contribution < -0.4 is 11.5 Å². The van der Waals surface area contributed by atoms with E-state index in [1.807, 2.05) is 0 Å². The van der Waals surface area contributed by atoms with Gasteiger partial charge in [0.05, 0.1) is 17.4 Å². The van der Waals surface area contributed by atoms with E-state index >= 15 is 0 Å². The second kappa shape index (κ2) is 7.07. The first-order valence-corrected chi connectivity index (χ1v) is 8.64. The number of hydrogen-bond acceptors (Lipinski definition) is 5. The summed E-state index contributed by atoms with van der Waals surface area (Å²) in [4.78, 5) is 24.6. The Labute approximate surface area is 135 Å². The van der Waals surface area contributed by atoms with Crippen molar-refractivity contribution in [3.8, 4) is 0 Å². The first-order valence-electron chi connectivity index (χ1n) is 7.20. The lowest BCUT2D eigenvalue weighted by Gasteiger charge is -2.35. The van der Waals surface area contributed by atoms with Crippen LogP contribution in [0, 0.1) is 0 Å². The van der Waals surface area contributed by atoms with Gasteiger partial charge in [0, 0.05) is 26.2 Å². The van der Waals surface area contributed by atoms with Gasteiger partial charge in [-0.2, -0.15) is 4.31 Å². The highest BCUT2D eigenvalue weighted by molar-refractivity contribution is 7.89. The zero-order valence-electron chi connectivity index (χ0n) is 12.6. The average molecular weight is 340 g/mol. The fourth-order valence-electron chi connectivity index (χ4n) is 2.43. The number of benzene rings is 1. The van der Waals surface area contributed by atoms with Crippen molar-refractivity contribution < 1.29 is 18.0 Å². The van der Waals surface area contributed by atoms with Crippen LogP contribution in [0.25, 0.3) is 0 Å². The summed E-state index contributed by atoms with van der Waals surface area (Å²) in [6.45, 7) is 0.841. The van der Waals surface area contributed by atoms with Crippen molar-refractivity contribution in [1.82, 2.24) is 9.21 Å². The van der Waals surface area contributed by atoms with Gasteiger partial charge in [-0.15, -0.1) is 0 Å². The third-order valence-corrected chi connectivity index (χ3v) is 5.58. The van der Waals surface area contributed by atoms with E-state index in [1.165, 1.54) is 21.3 Å². The van der Waals surface area contributed by atoms with E-state index in [0.29, 0.717) is 0 Å². The number of nitrogens with two attached hydrogens (primary N) is 2. The van der Waals surface area contributed by atoms with Crippen LogP contribution in [0.5, 0.6) is 0 Å². The SMILES string of the molecule is NC(=O)CC(N)C(=O)N1CCN(S(=O)(=O)c2ccccc2)CC1. The maximum atomic E-state index is 12.5. The highest BCUT2D eigenvalue weighted by Crippen LogP contribution is 2.17. The molecule has 1 atom stereocenters. The molecule has 2 rings (SSSR count). The summed E-state index contributed by atoms with van der Waals surface area (Å²) in [5.41, 5.74) is 10.7. The number of carbonyl (C=O) groups is 2. The zero-order valence-corrected chi connectivity index (χ0v) is 13.4. The Hall–Kier alpha value is -1.97. The summed E-state index contributed by atoms with van der Waals surface area (Å²) in [7, 11) is -3.56. The molecule has 9 heteroatoms. The molecule has 0 spiro atoms. The molecule has 1 unspecified atom stereocenters. The van der Waals surface area contributed by atoms with Crippen LogP contribution in [-0.4, -0.2) is 61.7 Å². The normalized spacial score (nSPS) is 17.7. The molecule has 1 aliphatic heterocycles. The molecule has 1 heterocycles. The van der Waals surface area contributed by atoms with Gasteiger partial charge in [-0.1, -0.05) is 18.2 Å². The van der Waals surface area contributed by atoms with E-state index in [0.717, 1.165) is 0 Å². The largest absolute Gasteiger partial charge is 0.370 e. The Bertz CT molecular complexity index is 669. The molecule has 1 saturated heterocycles. The third-order valence-electron chi connectivity index (χ3n) is 3.67. The molecule has 2 amide bonds. The highest BCUT2D eigenvalue weighted by Gasteiger charge is 2.31. The van der Waals surface area contributed by atoms with Gasteiger partial charge >= 0.3 is 0 Å². The van der Waals surface area contributed by atoms with E-state index in [2.05, 4.69) is 0 Å². The number of nitrogens with zero attached hydrogens (tertiary/aromatic N) is 2. The molecule has 1 fully saturated rings. The second-order valence-electron chi connectivity index (χ2n) is 5.32. The molecule has 0 saturated carbocycles. The maximum absolute atomic E-state index is 12.5. The number of amides is 2. The van der Waals surface area contributed by atoms with Crippen LogP contribution in [0.3, 0.4) is 0 Å². The summed E-state index contributed by atoms with van der Waals surface area (Å²) in [5.74, 6) is -1.03. The number of piperazine rings is 1. The molecule has 0 aliphatic carbocycles. The van der Waals surface area contributed by atoms with E-state index in [9.17, 15) is 18.0 Å². The van der Waals surface area contributed by atoms with Crippen molar-refractivity contribution in [3.63, 3.8) is 0 Å². The van der Waals surface area contributed by atoms with E-state index < -0.39 is 22.0 Å². The van der Waals surface area contributed by atoms with Crippen LogP contribution in [0.2, 0.25) is 0 Å². The molecule has 8 nitrogen and oxygen atoms in total. The Kier molecular flexibility index (Phi) is 5.34. The van der Waals surface area contributed by atoms with Gasteiger partial charge in [0.15, 0.2) is 0 Å². The molecule has 1 aromatic carbocycles. The van der Waals surface area contributed by atoms with E-state index in [4.69, 9.17) is 11.5 Å². The maximum Gasteiger partial charge on any atom is 0.243 e. The van der Waals surface area contributed by atoms with Crippen molar-refractivity contribution in [3.05, 3.63) is 30.3 Å². The minimum atomic E-state index is -3.56. The first kappa shape index (κ1) is 17.4. The molecule has 4 N–H and O–H groups in total. The fraction of sp³-hybridized carbons (Fsp3) is 0.429. The van der Waals surface area contributed by atoms with Crippen molar-refractivity contribution in [1.29, 1.82) is 0 Å². The van der Waals surface area contributed by atoms with Gasteiger partial charge < -0.3 is 16.4 Å². The molecular weight excluding hydrogens is 320 g/mol. The zero-order chi connectivity index (χ0) is 17.0. The van der Waals surface area contributed by atoms with Crippen LogP contribution in [-0.2, 0) is 19.6 Å². The Morgan fingerprint density at radius 1 is 1.09 bits per heavy atom. The lowest BCUT2D eigenvalue weighted by atomic mass is 10.1. The summed E-state index contributed by atoms with van der Waals surface area (Å²) < 4.78 is 26.3. The highest BCUT2D eigenvalue weighted by atomic mass is 32.2. The van der Waals surface area contributed by atoms with Crippen molar-refractivity contribution in [2.75, 3.05) is 26.2 Å². The minimum Gasteiger partial charge on any atom is -0.370 e. The average Bonchev–Trinajstić information content (AvgIpc) is 2.54. The van der Waals surface area contributed by atoms with Gasteiger partial charge in [-0.05, 0) is 12.1 Å². The van der Waals surface area contributed by atoms with E-state index in [1.54, 1.807) is 18.2 Å². The topological polar surface area (TPSA) is 127 Å². The fourth-order valence-corrected chi connectivity index (χ4v) is 3.87. The predicted molar refractivity (Wildman–Crippen MR) is 83.6 cm³/mol. The number of sulfonamides is 1. The standard InChI is InChI=1S/C14H20N4O4S/c15-12(10-13(16)19)14(20)17-6-8-18(9-7-17)23(21,22)11-4-2-1-3-5-11/h1-5,12H,6-10,15H2,(H2,16,19). The Balaban J connectivity index is 1.99. The predicted octanol–water partition coefficient (Wildman–Crippen LogP) is -1.28. The Morgan fingerprint density at radius 3 is 2.17 bits per heavy atom. The van der Waals surface area contributed by atoms with Gasteiger partial charge in [0.25, 0.3) is 0 Å². The molecule has 0 aromatic heterocycles. The monoisotopic (exact) mass is 340 g/mol. The lowest BCUT2D eigenvalue weighted by Crippen LogP contribution is -2.54. The molecule has 1 aliphatic rings. The first-order chi connectivity index (χ1) is 10.8. The van der Waals surface area contributed by atoms with Crippen LogP contribution in [0.15, 0.2) is 35.2 Å². The number of hydrogen-bond donors (Lipinski definition) is 2. The molecular formula is C14H20N4O4S. The summed E-state index contributed by atoms with van der Waals surface area (Å²) >= 11 is 0. The molecule has 0 bridgehead atoms. The molecule has 1 aromatic rings. The van der Waals surface area contributed by atoms with Gasteiger partial charge in [0.2, 0.25) is 21.8 Å². The molecule has 23 heavy (non-hydrogen) atoms. The lowest BCUT2D eigenvalue weighted by molar-refractivity contribution is -0.135. The van der Waals surface area contributed by atoms with Gasteiger partial charge in [-0.25, -0.2) is 8.42 Å². The number of primary amides is 1. The van der Waals surface area contributed by atoms with Crippen molar-refractivity contribution in [2.45, 2.75) is 17.4 Å². The Morgan fingerprint density at radius 2 is 1.65 bits per heavy atom. The smallest absolute Gasteiger partial charge is 0.243 e. The van der Waals surface area contributed by atoms with Crippen LogP contribution in [0.4, 0.5) is 0 Å². The van der Waals surface area contributed by atoms with Crippen molar-refractivity contribution >= 4 is 21.8 Å². The molecule has 126 valence electrons. The van der Waals surface area contributed by atoms with Crippen molar-refractivity contribution in [2.24, 2.45) is 11.5 Å². The third kappa shape index (κ3) is 4.06.